The molecule has 4 aromatic carbocycles. The average molecular weight is 678 g/mol. The van der Waals surface area contributed by atoms with Gasteiger partial charge in [0.2, 0.25) is 10.9 Å². The number of unbranched alkanes of at least 4 members (excludes halogenated alkanes) is 1. The molecule has 1 N–H and O–H groups in total. The molecule has 6 aromatic rings. The maximum absolute atomic E-state index is 14.2. The average Bonchev–Trinajstić information content (AvgIpc) is 3.84. The molecule has 9 nitrogen and oxygen atoms in total. The van der Waals surface area contributed by atoms with Gasteiger partial charge in [-0.3, -0.25) is 14.5 Å². The van der Waals surface area contributed by atoms with Crippen molar-refractivity contribution in [1.29, 1.82) is 0 Å². The van der Waals surface area contributed by atoms with Crippen LogP contribution in [-0.2, 0) is 10.5 Å². The van der Waals surface area contributed by atoms with Crippen LogP contribution in [0.25, 0.3) is 21.7 Å². The van der Waals surface area contributed by atoms with E-state index in [1.807, 2.05) is 18.2 Å². The van der Waals surface area contributed by atoms with Gasteiger partial charge < -0.3 is 19.0 Å². The second-order valence-corrected chi connectivity index (χ2v) is 13.4. The Kier molecular flexibility index (Phi) is 8.88. The molecule has 0 saturated carbocycles. The Morgan fingerprint density at radius 2 is 1.77 bits per heavy atom. The molecule has 1 atom stereocenters. The van der Waals surface area contributed by atoms with Crippen molar-refractivity contribution in [2.45, 2.75) is 35.9 Å². The highest BCUT2D eigenvalue weighted by Crippen LogP contribution is 2.45. The predicted octanol–water partition coefficient (Wildman–Crippen LogP) is 8.70. The van der Waals surface area contributed by atoms with Crippen molar-refractivity contribution in [1.82, 2.24) is 10.2 Å². The molecule has 0 bridgehead atoms. The van der Waals surface area contributed by atoms with Gasteiger partial charge in [0.05, 0.1) is 25.3 Å². The first kappa shape index (κ1) is 31.5. The number of nitrogens with zero attached hydrogens (tertiary/aromatic N) is 3. The summed E-state index contributed by atoms with van der Waals surface area (Å²) < 4.78 is 17.9. The molecular weight excluding hydrogens is 647 g/mol. The highest BCUT2D eigenvalue weighted by molar-refractivity contribution is 8.00. The number of ether oxygens (including phenoxy) is 2. The van der Waals surface area contributed by atoms with E-state index in [1.165, 1.54) is 35.1 Å². The number of benzene rings is 4. The smallest absolute Gasteiger partial charge is 0.296 e. The normalized spacial score (nSPS) is 14.8. The van der Waals surface area contributed by atoms with Gasteiger partial charge in [-0.15, -0.1) is 10.2 Å². The number of methoxy groups -OCH3 is 1. The number of furan rings is 1. The molecule has 242 valence electrons. The third-order valence-electron chi connectivity index (χ3n) is 8.20. The van der Waals surface area contributed by atoms with Crippen LogP contribution in [0.4, 0.5) is 5.13 Å². The van der Waals surface area contributed by atoms with Crippen LogP contribution in [0.15, 0.2) is 111 Å². The van der Waals surface area contributed by atoms with Gasteiger partial charge in [0, 0.05) is 11.1 Å². The number of fused-ring (bicyclic) bond motifs is 2. The van der Waals surface area contributed by atoms with Crippen molar-refractivity contribution in [3.05, 3.63) is 119 Å². The number of para-hydroxylation sites is 1. The van der Waals surface area contributed by atoms with E-state index in [-0.39, 0.29) is 16.5 Å². The summed E-state index contributed by atoms with van der Waals surface area (Å²) in [6.45, 7) is 2.67. The van der Waals surface area contributed by atoms with E-state index >= 15 is 0 Å². The molecule has 3 heterocycles. The van der Waals surface area contributed by atoms with E-state index in [9.17, 15) is 14.7 Å². The number of Topliss-reactive ketones (excluding diaryl/α,β-unsaturated/α-hetero) is 1. The van der Waals surface area contributed by atoms with E-state index in [2.05, 4.69) is 41.4 Å². The number of aliphatic hydroxyl groups is 1. The van der Waals surface area contributed by atoms with Crippen LogP contribution in [0.3, 0.4) is 0 Å². The van der Waals surface area contributed by atoms with Crippen LogP contribution in [0.1, 0.15) is 47.5 Å². The Morgan fingerprint density at radius 3 is 2.58 bits per heavy atom. The van der Waals surface area contributed by atoms with Crippen molar-refractivity contribution < 1.29 is 28.6 Å². The van der Waals surface area contributed by atoms with E-state index in [0.717, 1.165) is 29.2 Å². The maximum atomic E-state index is 14.2. The Bertz CT molecular complexity index is 2170. The minimum atomic E-state index is -0.992. The number of carbonyl (C=O) groups is 2. The summed E-state index contributed by atoms with van der Waals surface area (Å²) in [5, 5.41) is 23.3. The number of thioether (sulfide) groups is 1. The van der Waals surface area contributed by atoms with E-state index in [4.69, 9.17) is 13.9 Å². The van der Waals surface area contributed by atoms with Crippen LogP contribution < -0.4 is 14.4 Å². The van der Waals surface area contributed by atoms with E-state index in [0.29, 0.717) is 44.7 Å². The molecule has 0 radical (unpaired) electrons. The standard InChI is InChI=1S/C37H31N3O6S2/c1-3-4-19-45-26-17-15-23(16-18-26)31-30(32(41)29-20-24-11-8-14-28(44-2)34(24)46-29)33(42)35(43)40(31)36-38-39-37(48-36)47-21-25-12-7-10-22-9-5-6-13-27(22)25/h5-18,20,31,42H,3-4,19,21H2,1-2H3. The number of aromatic nitrogens is 2. The lowest BCUT2D eigenvalue weighted by Crippen LogP contribution is -2.31. The summed E-state index contributed by atoms with van der Waals surface area (Å²) in [5.74, 6) is -0.287. The van der Waals surface area contributed by atoms with Crippen LogP contribution in [0.2, 0.25) is 0 Å². The van der Waals surface area contributed by atoms with Gasteiger partial charge in [-0.2, -0.15) is 0 Å². The first-order valence-electron chi connectivity index (χ1n) is 15.5. The molecule has 0 saturated heterocycles. The Morgan fingerprint density at radius 1 is 1.00 bits per heavy atom. The van der Waals surface area contributed by atoms with Gasteiger partial charge in [0.15, 0.2) is 27.2 Å². The molecule has 2 aromatic heterocycles. The monoisotopic (exact) mass is 677 g/mol. The first-order valence-corrected chi connectivity index (χ1v) is 17.3. The van der Waals surface area contributed by atoms with Gasteiger partial charge in [-0.25, -0.2) is 0 Å². The topological polar surface area (TPSA) is 115 Å². The molecule has 0 spiro atoms. The third-order valence-corrected chi connectivity index (χ3v) is 10.3. The molecule has 48 heavy (non-hydrogen) atoms. The van der Waals surface area contributed by atoms with Crippen molar-refractivity contribution in [3.8, 4) is 11.5 Å². The molecule has 0 fully saturated rings. The molecule has 1 amide bonds. The number of anilines is 1. The number of rotatable bonds is 12. The fraction of sp³-hybridized carbons (Fsp3) is 0.189. The summed E-state index contributed by atoms with van der Waals surface area (Å²) in [6.07, 6.45) is 1.92. The van der Waals surface area contributed by atoms with Crippen LogP contribution in [0.5, 0.6) is 11.5 Å². The first-order chi connectivity index (χ1) is 23.5. The SMILES string of the molecule is CCCCOc1ccc(C2C(C(=O)c3cc4cccc(OC)c4o3)=C(O)C(=O)N2c2nnc(SCc3cccc4ccccc34)s2)cc1. The number of hydrogen-bond donors (Lipinski definition) is 1. The van der Waals surface area contributed by atoms with Gasteiger partial charge in [-0.05, 0) is 52.6 Å². The zero-order valence-electron chi connectivity index (χ0n) is 26.2. The summed E-state index contributed by atoms with van der Waals surface area (Å²) in [4.78, 5) is 29.3. The zero-order chi connectivity index (χ0) is 33.2. The number of amides is 1. The Labute approximate surface area is 284 Å². The zero-order valence-corrected chi connectivity index (χ0v) is 27.8. The summed E-state index contributed by atoms with van der Waals surface area (Å²) in [5.41, 5.74) is 2.03. The number of carbonyl (C=O) groups excluding carboxylic acids is 2. The lowest BCUT2D eigenvalue weighted by Gasteiger charge is -2.24. The summed E-state index contributed by atoms with van der Waals surface area (Å²) >= 11 is 2.73. The minimum Gasteiger partial charge on any atom is -0.503 e. The van der Waals surface area contributed by atoms with Gasteiger partial charge in [0.25, 0.3) is 5.91 Å². The van der Waals surface area contributed by atoms with Gasteiger partial charge >= 0.3 is 0 Å². The van der Waals surface area contributed by atoms with Crippen LogP contribution in [-0.4, -0.2) is 40.7 Å². The Hall–Kier alpha value is -5.13. The Balaban J connectivity index is 1.22. The van der Waals surface area contributed by atoms with Gasteiger partial charge in [0.1, 0.15) is 5.75 Å². The van der Waals surface area contributed by atoms with Crippen molar-refractivity contribution in [3.63, 3.8) is 0 Å². The lowest BCUT2D eigenvalue weighted by atomic mass is 9.95. The lowest BCUT2D eigenvalue weighted by molar-refractivity contribution is -0.117. The fourth-order valence-corrected chi connectivity index (χ4v) is 7.66. The molecule has 1 aliphatic rings. The van der Waals surface area contributed by atoms with Crippen LogP contribution >= 0.6 is 23.1 Å². The number of ketones is 1. The maximum Gasteiger partial charge on any atom is 0.296 e. The summed E-state index contributed by atoms with van der Waals surface area (Å²) in [6, 6.07) is 27.5. The molecular formula is C37H31N3O6S2. The van der Waals surface area contributed by atoms with Crippen LogP contribution in [0, 0.1) is 0 Å². The number of hydrogen-bond acceptors (Lipinski definition) is 10. The molecule has 0 aliphatic carbocycles. The van der Waals surface area contributed by atoms with E-state index in [1.54, 1.807) is 48.5 Å². The summed E-state index contributed by atoms with van der Waals surface area (Å²) in [7, 11) is 1.52. The minimum absolute atomic E-state index is 0.0289. The van der Waals surface area contributed by atoms with E-state index < -0.39 is 23.5 Å². The highest BCUT2D eigenvalue weighted by atomic mass is 32.2. The molecule has 1 aliphatic heterocycles. The molecule has 11 heteroatoms. The molecule has 7 rings (SSSR count). The third kappa shape index (κ3) is 5.91. The van der Waals surface area contributed by atoms with Crippen molar-refractivity contribution >= 4 is 61.7 Å². The fourth-order valence-electron chi connectivity index (χ4n) is 5.79. The van der Waals surface area contributed by atoms with Crippen molar-refractivity contribution in [2.24, 2.45) is 0 Å². The highest BCUT2D eigenvalue weighted by Gasteiger charge is 2.47. The quantitative estimate of drug-likeness (QED) is 0.0588. The van der Waals surface area contributed by atoms with Gasteiger partial charge in [-0.1, -0.05) is 103 Å². The second-order valence-electron chi connectivity index (χ2n) is 11.2. The largest absolute Gasteiger partial charge is 0.503 e. The number of aliphatic hydroxyl groups excluding tert-OH is 1. The second kappa shape index (κ2) is 13.5. The van der Waals surface area contributed by atoms with Crippen molar-refractivity contribution in [2.75, 3.05) is 18.6 Å². The molecule has 1 unspecified atom stereocenters. The predicted molar refractivity (Wildman–Crippen MR) is 187 cm³/mol.